The molecule has 0 saturated carbocycles. The quantitative estimate of drug-likeness (QED) is 0.348. The van der Waals surface area contributed by atoms with Gasteiger partial charge in [-0.25, -0.2) is 4.39 Å². The van der Waals surface area contributed by atoms with Crippen molar-refractivity contribution in [3.8, 4) is 0 Å². The molecule has 1 aliphatic heterocycles. The number of aliphatic hydroxyl groups excluding tert-OH is 1. The lowest BCUT2D eigenvalue weighted by atomic mass is 9.86. The van der Waals surface area contributed by atoms with Crippen LogP contribution >= 0.6 is 12.4 Å². The first-order valence-electron chi connectivity index (χ1n) is 12.0. The summed E-state index contributed by atoms with van der Waals surface area (Å²) in [6.07, 6.45) is 2.54. The summed E-state index contributed by atoms with van der Waals surface area (Å²) in [5.41, 5.74) is 10.3. The van der Waals surface area contributed by atoms with Crippen molar-refractivity contribution in [3.05, 3.63) is 64.5 Å². The second kappa shape index (κ2) is 12.6. The summed E-state index contributed by atoms with van der Waals surface area (Å²) < 4.78 is 27.0. The van der Waals surface area contributed by atoms with Gasteiger partial charge in [0.05, 0.1) is 17.8 Å². The van der Waals surface area contributed by atoms with E-state index in [1.807, 2.05) is 6.07 Å². The van der Waals surface area contributed by atoms with Gasteiger partial charge in [-0.05, 0) is 53.0 Å². The van der Waals surface area contributed by atoms with Gasteiger partial charge in [0, 0.05) is 12.5 Å². The second-order valence-electron chi connectivity index (χ2n) is 10.4. The van der Waals surface area contributed by atoms with Crippen LogP contribution < -0.4 is 11.1 Å². The Morgan fingerprint density at radius 2 is 1.91 bits per heavy atom. The molecule has 1 heterocycles. The lowest BCUT2D eigenvalue weighted by Crippen LogP contribution is -2.54. The highest BCUT2D eigenvalue weighted by Crippen LogP contribution is 2.28. The fourth-order valence-corrected chi connectivity index (χ4v) is 6.16. The van der Waals surface area contributed by atoms with Crippen molar-refractivity contribution < 1.29 is 14.0 Å². The van der Waals surface area contributed by atoms with E-state index in [0.717, 1.165) is 36.0 Å². The smallest absolute Gasteiger partial charge is 0.146 e. The van der Waals surface area contributed by atoms with Crippen molar-refractivity contribution in [2.75, 3.05) is 17.2 Å². The Bertz CT molecular complexity index is 937. The van der Waals surface area contributed by atoms with E-state index in [2.05, 4.69) is 57.3 Å². The van der Waals surface area contributed by atoms with Gasteiger partial charge < -0.3 is 20.7 Å². The molecule has 190 valence electrons. The molecule has 7 heteroatoms. The molecule has 0 spiro atoms. The highest BCUT2D eigenvalue weighted by molar-refractivity contribution is 7.91. The van der Waals surface area contributed by atoms with Gasteiger partial charge in [-0.2, -0.15) is 0 Å². The van der Waals surface area contributed by atoms with Crippen molar-refractivity contribution in [1.29, 1.82) is 0 Å². The monoisotopic (exact) mass is 510 g/mol. The van der Waals surface area contributed by atoms with Crippen LogP contribution in [0.2, 0.25) is 0 Å². The van der Waals surface area contributed by atoms with Crippen LogP contribution in [0, 0.1) is 11.7 Å². The first kappa shape index (κ1) is 28.9. The fraction of sp³-hybridized carbons (Fsp3) is 0.556. The molecule has 3 rings (SSSR count). The van der Waals surface area contributed by atoms with E-state index >= 15 is 0 Å². The predicted molar refractivity (Wildman–Crippen MR) is 144 cm³/mol. The Balaban J connectivity index is 0.00000408. The largest absolute Gasteiger partial charge is 0.616 e. The molecule has 0 radical (unpaired) electrons. The van der Waals surface area contributed by atoms with Crippen molar-refractivity contribution in [2.45, 2.75) is 77.5 Å². The summed E-state index contributed by atoms with van der Waals surface area (Å²) in [5.74, 6) is 0.252. The van der Waals surface area contributed by atoms with E-state index < -0.39 is 23.1 Å². The molecule has 0 aliphatic carbocycles. The Hall–Kier alpha value is -1.31. The van der Waals surface area contributed by atoms with E-state index in [1.54, 1.807) is 0 Å². The number of hydrogen-bond acceptors (Lipinski definition) is 4. The summed E-state index contributed by atoms with van der Waals surface area (Å²) in [4.78, 5) is 0. The van der Waals surface area contributed by atoms with Crippen LogP contribution in [0.3, 0.4) is 0 Å². The van der Waals surface area contributed by atoms with Crippen LogP contribution in [0.25, 0.3) is 0 Å². The molecule has 0 bridgehead atoms. The average molecular weight is 511 g/mol. The molecular formula is C27H40ClFN2O2S. The first-order chi connectivity index (χ1) is 15.6. The van der Waals surface area contributed by atoms with E-state index in [0.29, 0.717) is 24.5 Å². The van der Waals surface area contributed by atoms with Crippen molar-refractivity contribution >= 4 is 29.3 Å². The van der Waals surface area contributed by atoms with Gasteiger partial charge in [0.1, 0.15) is 17.3 Å². The maximum atomic E-state index is 14.4. The zero-order valence-electron chi connectivity index (χ0n) is 20.8. The number of benzene rings is 2. The molecule has 1 aliphatic rings. The zero-order valence-corrected chi connectivity index (χ0v) is 22.4. The Morgan fingerprint density at radius 3 is 2.59 bits per heavy atom. The minimum atomic E-state index is -1.03. The number of nitrogens with one attached hydrogen (secondary N) is 1. The van der Waals surface area contributed by atoms with Crippen LogP contribution in [0.4, 0.5) is 10.1 Å². The molecule has 1 fully saturated rings. The van der Waals surface area contributed by atoms with Crippen LogP contribution in [-0.4, -0.2) is 33.3 Å². The summed E-state index contributed by atoms with van der Waals surface area (Å²) in [6.45, 7) is 9.26. The van der Waals surface area contributed by atoms with E-state index in [9.17, 15) is 14.0 Å². The number of unbranched alkanes of at least 4 members (excludes halogenated alkanes) is 1. The summed E-state index contributed by atoms with van der Waals surface area (Å²) in [7, 11) is 0. The number of aryl methyl sites for hydroxylation is 1. The maximum Gasteiger partial charge on any atom is 0.146 e. The number of anilines is 1. The summed E-state index contributed by atoms with van der Waals surface area (Å²) >= 11 is -1.03. The number of nitrogen functional groups attached to an aromatic ring is 1. The van der Waals surface area contributed by atoms with Gasteiger partial charge in [0.2, 0.25) is 0 Å². The zero-order chi connectivity index (χ0) is 24.2. The third-order valence-electron chi connectivity index (χ3n) is 6.59. The summed E-state index contributed by atoms with van der Waals surface area (Å²) in [6, 6.07) is 11.6. The van der Waals surface area contributed by atoms with Gasteiger partial charge >= 0.3 is 0 Å². The molecule has 4 N–H and O–H groups in total. The number of nitrogens with two attached hydrogens (primary N) is 1. The highest BCUT2D eigenvalue weighted by Gasteiger charge is 2.39. The van der Waals surface area contributed by atoms with Crippen LogP contribution in [0.5, 0.6) is 0 Å². The minimum Gasteiger partial charge on any atom is -0.616 e. The molecule has 4 atom stereocenters. The van der Waals surface area contributed by atoms with Crippen molar-refractivity contribution in [3.63, 3.8) is 0 Å². The topological polar surface area (TPSA) is 81.3 Å². The van der Waals surface area contributed by atoms with Gasteiger partial charge in [-0.15, -0.1) is 12.4 Å². The normalized spacial score (nSPS) is 22.9. The number of halogens is 2. The maximum absolute atomic E-state index is 14.4. The van der Waals surface area contributed by atoms with Crippen molar-refractivity contribution in [1.82, 2.24) is 5.32 Å². The van der Waals surface area contributed by atoms with Crippen LogP contribution in [0.1, 0.15) is 62.8 Å². The first-order valence-corrected chi connectivity index (χ1v) is 13.5. The fourth-order valence-electron chi connectivity index (χ4n) is 4.52. The second-order valence-corrected chi connectivity index (χ2v) is 12.0. The SMILES string of the molecule is CCCCc1cc(C[C@@H]2C[S+]([O-])C[C@H](NCc3cccc(C(C)(C)C)c3)[C@H]2O)cc(F)c1N.Cl. The Labute approximate surface area is 213 Å². The number of rotatable bonds is 8. The van der Waals surface area contributed by atoms with Crippen molar-refractivity contribution in [2.24, 2.45) is 5.92 Å². The highest BCUT2D eigenvalue weighted by atomic mass is 35.5. The predicted octanol–water partition coefficient (Wildman–Crippen LogP) is 4.91. The third-order valence-corrected chi connectivity index (χ3v) is 8.13. The molecule has 4 nitrogen and oxygen atoms in total. The molecular weight excluding hydrogens is 471 g/mol. The van der Waals surface area contributed by atoms with E-state index in [1.165, 1.54) is 11.6 Å². The van der Waals surface area contributed by atoms with Crippen LogP contribution in [-0.2, 0) is 36.0 Å². The van der Waals surface area contributed by atoms with Gasteiger partial charge in [-0.1, -0.05) is 75.6 Å². The van der Waals surface area contributed by atoms with Gasteiger partial charge in [0.25, 0.3) is 0 Å². The molecule has 2 aromatic carbocycles. The molecule has 2 aromatic rings. The Morgan fingerprint density at radius 1 is 1.18 bits per heavy atom. The molecule has 34 heavy (non-hydrogen) atoms. The number of hydrogen-bond donors (Lipinski definition) is 3. The lowest BCUT2D eigenvalue weighted by molar-refractivity contribution is 0.0781. The third kappa shape index (κ3) is 7.59. The molecule has 1 unspecified atom stereocenters. The number of aliphatic hydroxyl groups is 1. The Kier molecular flexibility index (Phi) is 10.7. The van der Waals surface area contributed by atoms with E-state index in [-0.39, 0.29) is 35.5 Å². The molecule has 0 aromatic heterocycles. The standard InChI is InChI=1S/C27H39FN2O2S.ClH/c1-5-6-9-20-11-19(14-23(28)25(20)29)12-21-16-33(32)17-24(26(21)31)30-15-18-8-7-10-22(13-18)27(2,3)4;/h7-8,10-11,13-14,21,24,26,30-31H,5-6,9,12,15-17,29H2,1-4H3;1H/t21-,24+,26+,33?;/m1./s1. The van der Waals surface area contributed by atoms with Gasteiger partial charge in [-0.3, -0.25) is 0 Å². The molecule has 0 amide bonds. The summed E-state index contributed by atoms with van der Waals surface area (Å²) in [5, 5.41) is 14.5. The van der Waals surface area contributed by atoms with E-state index in [4.69, 9.17) is 5.73 Å². The molecule has 1 saturated heterocycles. The average Bonchev–Trinajstić information content (AvgIpc) is 2.76. The van der Waals surface area contributed by atoms with Crippen LogP contribution in [0.15, 0.2) is 36.4 Å². The minimum absolute atomic E-state index is 0. The van der Waals surface area contributed by atoms with Gasteiger partial charge in [0.15, 0.2) is 0 Å². The lowest BCUT2D eigenvalue weighted by Gasteiger charge is -2.36.